The Morgan fingerprint density at radius 2 is 2.04 bits per heavy atom. The number of hydrogen-bond acceptors (Lipinski definition) is 5. The number of benzene rings is 1. The molecule has 3 rings (SSSR count). The molecule has 2 heterocycles. The molecule has 0 bridgehead atoms. The third-order valence-corrected chi connectivity index (χ3v) is 5.38. The number of rotatable bonds is 5. The van der Waals surface area contributed by atoms with E-state index in [9.17, 15) is 14.7 Å². The Morgan fingerprint density at radius 1 is 1.32 bits per heavy atom. The van der Waals surface area contributed by atoms with Crippen LogP contribution in [0.25, 0.3) is 0 Å². The van der Waals surface area contributed by atoms with Gasteiger partial charge in [-0.2, -0.15) is 0 Å². The molecule has 25 heavy (non-hydrogen) atoms. The van der Waals surface area contributed by atoms with Crippen LogP contribution in [0.4, 0.5) is 0 Å². The Bertz CT molecular complexity index is 667. The summed E-state index contributed by atoms with van der Waals surface area (Å²) in [5, 5.41) is 12.4. The highest BCUT2D eigenvalue weighted by molar-refractivity contribution is 5.88. The van der Waals surface area contributed by atoms with E-state index in [-0.39, 0.29) is 12.3 Å². The number of nitrogens with one attached hydrogen (secondary N) is 1. The molecule has 2 saturated heterocycles. The van der Waals surface area contributed by atoms with E-state index >= 15 is 0 Å². The van der Waals surface area contributed by atoms with E-state index in [0.29, 0.717) is 12.8 Å². The fourth-order valence-corrected chi connectivity index (χ4v) is 3.93. The van der Waals surface area contributed by atoms with Crippen LogP contribution in [-0.4, -0.2) is 54.7 Å². The molecule has 2 N–H and O–H groups in total. The second kappa shape index (κ2) is 6.92. The number of nitrogens with zero attached hydrogens (tertiary/aromatic N) is 1. The quantitative estimate of drug-likeness (QED) is 0.833. The van der Waals surface area contributed by atoms with Crippen LogP contribution in [-0.2, 0) is 16.1 Å². The molecule has 1 aromatic rings. The van der Waals surface area contributed by atoms with E-state index < -0.39 is 17.4 Å². The lowest BCUT2D eigenvalue weighted by Crippen LogP contribution is -2.55. The van der Waals surface area contributed by atoms with E-state index in [0.717, 1.165) is 36.7 Å². The molecule has 1 spiro atoms. The highest BCUT2D eigenvalue weighted by Gasteiger charge is 2.51. The van der Waals surface area contributed by atoms with E-state index in [2.05, 4.69) is 10.2 Å². The van der Waals surface area contributed by atoms with Gasteiger partial charge in [-0.25, -0.2) is 0 Å². The predicted octanol–water partition coefficient (Wildman–Crippen LogP) is 1.26. The zero-order valence-electron chi connectivity index (χ0n) is 14.6. The molecule has 136 valence electrons. The van der Waals surface area contributed by atoms with Gasteiger partial charge in [0.25, 0.3) is 0 Å². The molecule has 2 aliphatic rings. The van der Waals surface area contributed by atoms with Crippen LogP contribution in [0.15, 0.2) is 18.2 Å². The lowest BCUT2D eigenvalue weighted by molar-refractivity contribution is -0.144. The standard InChI is InChI=1S/C18H24N2O5/c1-24-13-4-3-12(15(9-13)25-2)11-20-7-5-18(6-8-20)14(17(22)23)10-16(21)19-18/h3-4,9,14H,5-8,10-11H2,1-2H3,(H,19,21)(H,22,23)/t14-/m0/s1. The lowest BCUT2D eigenvalue weighted by atomic mass is 9.77. The Morgan fingerprint density at radius 3 is 2.64 bits per heavy atom. The van der Waals surface area contributed by atoms with Crippen molar-refractivity contribution >= 4 is 11.9 Å². The summed E-state index contributed by atoms with van der Waals surface area (Å²) in [4.78, 5) is 25.5. The van der Waals surface area contributed by atoms with Crippen molar-refractivity contribution in [2.24, 2.45) is 5.92 Å². The smallest absolute Gasteiger partial charge is 0.309 e. The molecule has 7 nitrogen and oxygen atoms in total. The van der Waals surface area contributed by atoms with E-state index in [1.165, 1.54) is 0 Å². The summed E-state index contributed by atoms with van der Waals surface area (Å²) in [5.74, 6) is -0.146. The Kier molecular flexibility index (Phi) is 4.85. The van der Waals surface area contributed by atoms with Crippen LogP contribution in [0.2, 0.25) is 0 Å². The summed E-state index contributed by atoms with van der Waals surface area (Å²) in [5.41, 5.74) is 0.466. The molecule has 1 amide bonds. The van der Waals surface area contributed by atoms with Crippen LogP contribution in [0.1, 0.15) is 24.8 Å². The summed E-state index contributed by atoms with van der Waals surface area (Å²) in [7, 11) is 3.25. The van der Waals surface area contributed by atoms with Crippen LogP contribution in [0.5, 0.6) is 11.5 Å². The number of aliphatic carboxylic acids is 1. The van der Waals surface area contributed by atoms with Gasteiger partial charge in [0.1, 0.15) is 11.5 Å². The fourth-order valence-electron chi connectivity index (χ4n) is 3.93. The number of methoxy groups -OCH3 is 2. The van der Waals surface area contributed by atoms with Crippen molar-refractivity contribution in [3.05, 3.63) is 23.8 Å². The molecule has 1 aromatic carbocycles. The maximum Gasteiger partial charge on any atom is 0.309 e. The van der Waals surface area contributed by atoms with Crippen molar-refractivity contribution in [3.63, 3.8) is 0 Å². The largest absolute Gasteiger partial charge is 0.497 e. The Hall–Kier alpha value is -2.28. The van der Waals surface area contributed by atoms with Crippen molar-refractivity contribution in [2.45, 2.75) is 31.3 Å². The van der Waals surface area contributed by atoms with E-state index in [4.69, 9.17) is 9.47 Å². The molecule has 2 aliphatic heterocycles. The van der Waals surface area contributed by atoms with Gasteiger partial charge in [-0.1, -0.05) is 6.07 Å². The van der Waals surface area contributed by atoms with Gasteiger partial charge in [-0.3, -0.25) is 14.5 Å². The van der Waals surface area contributed by atoms with Gasteiger partial charge in [0, 0.05) is 37.7 Å². The second-order valence-electron chi connectivity index (χ2n) is 6.75. The van der Waals surface area contributed by atoms with Crippen molar-refractivity contribution in [2.75, 3.05) is 27.3 Å². The van der Waals surface area contributed by atoms with Crippen molar-refractivity contribution in [1.29, 1.82) is 0 Å². The lowest BCUT2D eigenvalue weighted by Gasteiger charge is -2.41. The van der Waals surface area contributed by atoms with Crippen LogP contribution in [0.3, 0.4) is 0 Å². The van der Waals surface area contributed by atoms with Gasteiger partial charge in [0.05, 0.1) is 25.7 Å². The first-order valence-corrected chi connectivity index (χ1v) is 8.44. The minimum atomic E-state index is -0.886. The third-order valence-electron chi connectivity index (χ3n) is 5.38. The fraction of sp³-hybridized carbons (Fsp3) is 0.556. The number of carbonyl (C=O) groups excluding carboxylic acids is 1. The molecular weight excluding hydrogens is 324 g/mol. The minimum Gasteiger partial charge on any atom is -0.497 e. The number of hydrogen-bond donors (Lipinski definition) is 2. The highest BCUT2D eigenvalue weighted by atomic mass is 16.5. The van der Waals surface area contributed by atoms with Gasteiger partial charge < -0.3 is 19.9 Å². The molecule has 0 aromatic heterocycles. The first-order chi connectivity index (χ1) is 12.0. The van der Waals surface area contributed by atoms with Crippen molar-refractivity contribution < 1.29 is 24.2 Å². The minimum absolute atomic E-state index is 0.0850. The van der Waals surface area contributed by atoms with Crippen LogP contribution >= 0.6 is 0 Å². The Labute approximate surface area is 146 Å². The maximum absolute atomic E-state index is 11.7. The number of amides is 1. The third kappa shape index (κ3) is 3.42. The number of carboxylic acids is 1. The van der Waals surface area contributed by atoms with Gasteiger partial charge in [-0.15, -0.1) is 0 Å². The summed E-state index contributed by atoms with van der Waals surface area (Å²) >= 11 is 0. The summed E-state index contributed by atoms with van der Waals surface area (Å²) in [6.45, 7) is 2.19. The highest BCUT2D eigenvalue weighted by Crippen LogP contribution is 2.37. The topological polar surface area (TPSA) is 88.1 Å². The second-order valence-corrected chi connectivity index (χ2v) is 6.75. The van der Waals surface area contributed by atoms with Gasteiger partial charge in [0.15, 0.2) is 0 Å². The molecule has 0 aliphatic carbocycles. The molecule has 7 heteroatoms. The van der Waals surface area contributed by atoms with Gasteiger partial charge in [0.2, 0.25) is 5.91 Å². The average molecular weight is 348 g/mol. The maximum atomic E-state index is 11.7. The molecule has 2 fully saturated rings. The normalized spacial score (nSPS) is 22.6. The zero-order chi connectivity index (χ0) is 18.0. The average Bonchev–Trinajstić information content (AvgIpc) is 2.93. The number of likely N-dealkylation sites (tertiary alicyclic amines) is 1. The first kappa shape index (κ1) is 17.5. The van der Waals surface area contributed by atoms with Crippen molar-refractivity contribution in [3.8, 4) is 11.5 Å². The zero-order valence-corrected chi connectivity index (χ0v) is 14.6. The summed E-state index contributed by atoms with van der Waals surface area (Å²) in [6.07, 6.45) is 1.38. The van der Waals surface area contributed by atoms with Crippen LogP contribution in [0, 0.1) is 5.92 Å². The Balaban J connectivity index is 1.67. The number of carbonyl (C=O) groups is 2. The first-order valence-electron chi connectivity index (χ1n) is 8.44. The number of piperidine rings is 1. The van der Waals surface area contributed by atoms with Gasteiger partial charge >= 0.3 is 5.97 Å². The SMILES string of the molecule is COc1ccc(CN2CCC3(CC2)NC(=O)C[C@H]3C(=O)O)c(OC)c1. The molecular formula is C18H24N2O5. The summed E-state index contributed by atoms with van der Waals surface area (Å²) in [6, 6.07) is 5.75. The molecule has 0 saturated carbocycles. The van der Waals surface area contributed by atoms with Crippen molar-refractivity contribution in [1.82, 2.24) is 10.2 Å². The number of carboxylic acid groups (broad SMARTS) is 1. The predicted molar refractivity (Wildman–Crippen MR) is 90.7 cm³/mol. The number of ether oxygens (including phenoxy) is 2. The van der Waals surface area contributed by atoms with E-state index in [1.807, 2.05) is 18.2 Å². The monoisotopic (exact) mass is 348 g/mol. The van der Waals surface area contributed by atoms with Crippen LogP contribution < -0.4 is 14.8 Å². The van der Waals surface area contributed by atoms with Gasteiger partial charge in [-0.05, 0) is 18.9 Å². The summed E-state index contributed by atoms with van der Waals surface area (Å²) < 4.78 is 10.7. The van der Waals surface area contributed by atoms with E-state index in [1.54, 1.807) is 14.2 Å². The molecule has 0 unspecified atom stereocenters. The molecule has 1 atom stereocenters. The molecule has 0 radical (unpaired) electrons.